The summed E-state index contributed by atoms with van der Waals surface area (Å²) in [6.07, 6.45) is 1.02. The first-order valence-corrected chi connectivity index (χ1v) is 10.5. The van der Waals surface area contributed by atoms with Gasteiger partial charge in [0.1, 0.15) is 5.75 Å². The maximum atomic E-state index is 13.0. The number of aliphatic hydroxyl groups is 1. The number of fused-ring (bicyclic) bond motifs is 3. The lowest BCUT2D eigenvalue weighted by molar-refractivity contribution is 0.158. The molecule has 0 aliphatic carbocycles. The Labute approximate surface area is 188 Å². The normalized spacial score (nSPS) is 12.5. The second-order valence-electron chi connectivity index (χ2n) is 7.94. The summed E-state index contributed by atoms with van der Waals surface area (Å²) < 4.78 is 11.3. The molecule has 1 N–H and O–H groups in total. The molecule has 168 valence electrons. The topological polar surface area (TPSA) is 95.7 Å². The summed E-state index contributed by atoms with van der Waals surface area (Å²) >= 11 is 0. The van der Waals surface area contributed by atoms with Crippen LogP contribution in [0.3, 0.4) is 0 Å². The Hall–Kier alpha value is -4.11. The van der Waals surface area contributed by atoms with Crippen LogP contribution >= 0.6 is 0 Å². The molecule has 9 heteroatoms. The van der Waals surface area contributed by atoms with Gasteiger partial charge in [0, 0.05) is 25.9 Å². The molecule has 9 nitrogen and oxygen atoms in total. The smallest absolute Gasteiger partial charge is 0.332 e. The number of aromatic nitrogens is 5. The van der Waals surface area contributed by atoms with Gasteiger partial charge < -0.3 is 14.4 Å². The van der Waals surface area contributed by atoms with Crippen LogP contribution in [0, 0.1) is 0 Å². The van der Waals surface area contributed by atoms with Crippen molar-refractivity contribution in [1.82, 2.24) is 23.1 Å². The molecule has 0 radical (unpaired) electrons. The van der Waals surface area contributed by atoms with Crippen molar-refractivity contribution in [3.05, 3.63) is 87.2 Å². The van der Waals surface area contributed by atoms with Gasteiger partial charge in [-0.3, -0.25) is 18.3 Å². The van der Waals surface area contributed by atoms with Gasteiger partial charge >= 0.3 is 5.69 Å². The van der Waals surface area contributed by atoms with Gasteiger partial charge in [0.25, 0.3) is 5.56 Å². The van der Waals surface area contributed by atoms with E-state index in [4.69, 9.17) is 4.74 Å². The predicted molar refractivity (Wildman–Crippen MR) is 125 cm³/mol. The van der Waals surface area contributed by atoms with E-state index in [1.807, 2.05) is 65.4 Å². The Morgan fingerprint density at radius 2 is 1.70 bits per heavy atom. The molecule has 0 aliphatic rings. The zero-order valence-electron chi connectivity index (χ0n) is 18.5. The zero-order chi connectivity index (χ0) is 23.3. The molecule has 0 unspecified atom stereocenters. The summed E-state index contributed by atoms with van der Waals surface area (Å²) in [4.78, 5) is 30.0. The molecule has 2 aromatic carbocycles. The minimum Gasteiger partial charge on any atom is -0.497 e. The first kappa shape index (κ1) is 20.8. The SMILES string of the molecule is COc1ccc(-c2cn3c4c(=O)n(C)c(=O)n(C)c4nc3n2C[C@H](O)c2ccccc2)cc1. The highest BCUT2D eigenvalue weighted by atomic mass is 16.5. The van der Waals surface area contributed by atoms with Crippen molar-refractivity contribution in [2.24, 2.45) is 14.1 Å². The molecule has 1 atom stereocenters. The molecule has 0 fully saturated rings. The minimum absolute atomic E-state index is 0.208. The van der Waals surface area contributed by atoms with Crippen LogP contribution in [-0.4, -0.2) is 35.3 Å². The van der Waals surface area contributed by atoms with Crippen molar-refractivity contribution < 1.29 is 9.84 Å². The van der Waals surface area contributed by atoms with E-state index in [9.17, 15) is 14.7 Å². The van der Waals surface area contributed by atoms with Crippen LogP contribution in [0.25, 0.3) is 28.2 Å². The number of hydrogen-bond donors (Lipinski definition) is 1. The van der Waals surface area contributed by atoms with E-state index in [1.54, 1.807) is 18.6 Å². The second kappa shape index (κ2) is 7.79. The standard InChI is InChI=1S/C24H23N5O4/c1-26-21-20(22(31)27(2)24(26)32)29-13-18(15-9-11-17(33-3)12-10-15)28(23(29)25-21)14-19(30)16-7-5-4-6-8-16/h4-13,19,30H,14H2,1-3H3/t19-/m0/s1. The van der Waals surface area contributed by atoms with Gasteiger partial charge in [-0.2, -0.15) is 4.98 Å². The number of benzene rings is 2. The first-order chi connectivity index (χ1) is 15.9. The van der Waals surface area contributed by atoms with E-state index in [-0.39, 0.29) is 6.54 Å². The summed E-state index contributed by atoms with van der Waals surface area (Å²) in [5, 5.41) is 11.0. The van der Waals surface area contributed by atoms with Gasteiger partial charge in [-0.05, 0) is 29.8 Å². The largest absolute Gasteiger partial charge is 0.497 e. The van der Waals surface area contributed by atoms with Crippen LogP contribution in [0.1, 0.15) is 11.7 Å². The van der Waals surface area contributed by atoms with Crippen LogP contribution in [0.15, 0.2) is 70.4 Å². The molecule has 0 saturated carbocycles. The number of hydrogen-bond acceptors (Lipinski definition) is 5. The molecule has 3 aromatic heterocycles. The molecule has 0 bridgehead atoms. The second-order valence-corrected chi connectivity index (χ2v) is 7.94. The van der Waals surface area contributed by atoms with Crippen molar-refractivity contribution in [3.8, 4) is 17.0 Å². The fourth-order valence-corrected chi connectivity index (χ4v) is 4.14. The Balaban J connectivity index is 1.78. The Morgan fingerprint density at radius 3 is 2.36 bits per heavy atom. The highest BCUT2D eigenvalue weighted by Gasteiger charge is 2.22. The Bertz CT molecular complexity index is 1590. The monoisotopic (exact) mass is 445 g/mol. The fourth-order valence-electron chi connectivity index (χ4n) is 4.14. The average Bonchev–Trinajstić information content (AvgIpc) is 3.39. The Morgan fingerprint density at radius 1 is 1.00 bits per heavy atom. The summed E-state index contributed by atoms with van der Waals surface area (Å²) in [7, 11) is 4.64. The van der Waals surface area contributed by atoms with Crippen LogP contribution in [0.2, 0.25) is 0 Å². The summed E-state index contributed by atoms with van der Waals surface area (Å²) in [5.41, 5.74) is 2.13. The predicted octanol–water partition coefficient (Wildman–Crippen LogP) is 2.10. The third-order valence-electron chi connectivity index (χ3n) is 5.98. The van der Waals surface area contributed by atoms with Crippen molar-refractivity contribution in [3.63, 3.8) is 0 Å². The number of aliphatic hydroxyl groups excluding tert-OH is 1. The molecule has 0 aliphatic heterocycles. The molecule has 0 saturated heterocycles. The lowest BCUT2D eigenvalue weighted by Crippen LogP contribution is -2.37. The van der Waals surface area contributed by atoms with Crippen LogP contribution in [-0.2, 0) is 20.6 Å². The third-order valence-corrected chi connectivity index (χ3v) is 5.98. The maximum Gasteiger partial charge on any atom is 0.332 e. The van der Waals surface area contributed by atoms with E-state index in [2.05, 4.69) is 4.98 Å². The molecular formula is C24H23N5O4. The highest BCUT2D eigenvalue weighted by Crippen LogP contribution is 2.29. The molecule has 0 amide bonds. The van der Waals surface area contributed by atoms with Crippen LogP contribution in [0.5, 0.6) is 5.75 Å². The van der Waals surface area contributed by atoms with E-state index in [0.29, 0.717) is 16.9 Å². The number of imidazole rings is 2. The number of ether oxygens (including phenoxy) is 1. The van der Waals surface area contributed by atoms with E-state index in [0.717, 1.165) is 27.1 Å². The molecule has 5 rings (SSSR count). The summed E-state index contributed by atoms with van der Waals surface area (Å²) in [5.74, 6) is 1.18. The molecular weight excluding hydrogens is 422 g/mol. The average molecular weight is 445 g/mol. The molecule has 33 heavy (non-hydrogen) atoms. The lowest BCUT2D eigenvalue weighted by Gasteiger charge is -2.15. The van der Waals surface area contributed by atoms with Gasteiger partial charge in [0.05, 0.1) is 25.5 Å². The number of aryl methyl sites for hydroxylation is 1. The van der Waals surface area contributed by atoms with Crippen LogP contribution < -0.4 is 16.0 Å². The zero-order valence-corrected chi connectivity index (χ0v) is 18.5. The first-order valence-electron chi connectivity index (χ1n) is 10.5. The van der Waals surface area contributed by atoms with Crippen molar-refractivity contribution >= 4 is 16.9 Å². The molecule has 0 spiro atoms. The number of rotatable bonds is 5. The van der Waals surface area contributed by atoms with Crippen molar-refractivity contribution in [2.45, 2.75) is 12.6 Å². The highest BCUT2D eigenvalue weighted by molar-refractivity contribution is 5.78. The summed E-state index contributed by atoms with van der Waals surface area (Å²) in [6, 6.07) is 16.9. The van der Waals surface area contributed by atoms with E-state index >= 15 is 0 Å². The number of methoxy groups -OCH3 is 1. The maximum absolute atomic E-state index is 13.0. The van der Waals surface area contributed by atoms with E-state index < -0.39 is 17.4 Å². The quantitative estimate of drug-likeness (QED) is 0.447. The van der Waals surface area contributed by atoms with E-state index in [1.165, 1.54) is 11.6 Å². The minimum atomic E-state index is -0.800. The van der Waals surface area contributed by atoms with Gasteiger partial charge in [-0.1, -0.05) is 30.3 Å². The molecule has 3 heterocycles. The lowest BCUT2D eigenvalue weighted by atomic mass is 10.1. The van der Waals surface area contributed by atoms with Crippen molar-refractivity contribution in [1.29, 1.82) is 0 Å². The van der Waals surface area contributed by atoms with Gasteiger partial charge in [0.15, 0.2) is 11.2 Å². The van der Waals surface area contributed by atoms with Crippen molar-refractivity contribution in [2.75, 3.05) is 7.11 Å². The fraction of sp³-hybridized carbons (Fsp3) is 0.208. The number of nitrogens with zero attached hydrogens (tertiary/aromatic N) is 5. The summed E-state index contributed by atoms with van der Waals surface area (Å²) in [6.45, 7) is 0.208. The third kappa shape index (κ3) is 3.25. The van der Waals surface area contributed by atoms with Crippen LogP contribution in [0.4, 0.5) is 0 Å². The van der Waals surface area contributed by atoms with Gasteiger partial charge in [0.2, 0.25) is 5.78 Å². The molecule has 5 aromatic rings. The Kier molecular flexibility index (Phi) is 4.90. The van der Waals surface area contributed by atoms with Gasteiger partial charge in [-0.15, -0.1) is 0 Å². The van der Waals surface area contributed by atoms with Gasteiger partial charge in [-0.25, -0.2) is 4.79 Å².